The van der Waals surface area contributed by atoms with Gasteiger partial charge in [0.05, 0.1) is 6.20 Å². The lowest BCUT2D eigenvalue weighted by Crippen LogP contribution is -2.40. The lowest BCUT2D eigenvalue weighted by Gasteiger charge is -2.32. The van der Waals surface area contributed by atoms with Gasteiger partial charge in [-0.25, -0.2) is 4.98 Å². The van der Waals surface area contributed by atoms with E-state index in [-0.39, 0.29) is 0 Å². The van der Waals surface area contributed by atoms with Gasteiger partial charge < -0.3 is 16.0 Å². The molecule has 0 bridgehead atoms. The van der Waals surface area contributed by atoms with E-state index >= 15 is 0 Å². The Morgan fingerprint density at radius 1 is 1.67 bits per heavy atom. The Balaban J connectivity index is 1.81. The number of aromatic nitrogens is 1. The first-order valence-electron chi connectivity index (χ1n) is 5.41. The number of thiazole rings is 1. The molecule has 0 amide bonds. The Kier molecular flexibility index (Phi) is 3.43. The van der Waals surface area contributed by atoms with Gasteiger partial charge in [0.25, 0.3) is 0 Å². The number of nitrogens with one attached hydrogen (secondary N) is 1. The molecule has 5 heteroatoms. The summed E-state index contributed by atoms with van der Waals surface area (Å²) in [7, 11) is 2.20. The molecule has 0 aromatic carbocycles. The lowest BCUT2D eigenvalue weighted by atomic mass is 10.0. The Labute approximate surface area is 94.5 Å². The minimum absolute atomic E-state index is 0.642. The third-order valence-electron chi connectivity index (χ3n) is 2.93. The summed E-state index contributed by atoms with van der Waals surface area (Å²) in [5, 5.41) is 5.06. The Bertz CT molecular complexity index is 312. The van der Waals surface area contributed by atoms with Crippen molar-refractivity contribution >= 4 is 21.5 Å². The first kappa shape index (κ1) is 10.7. The smallest absolute Gasteiger partial charge is 0.184 e. The van der Waals surface area contributed by atoms with E-state index in [0.29, 0.717) is 6.04 Å². The molecular weight excluding hydrogens is 208 g/mol. The maximum atomic E-state index is 5.62. The number of rotatable bonds is 3. The van der Waals surface area contributed by atoms with Crippen molar-refractivity contribution in [3.05, 3.63) is 6.20 Å². The Morgan fingerprint density at radius 2 is 2.53 bits per heavy atom. The first-order chi connectivity index (χ1) is 7.25. The van der Waals surface area contributed by atoms with Crippen LogP contribution >= 0.6 is 11.3 Å². The molecule has 0 saturated carbocycles. The largest absolute Gasteiger partial charge is 0.389 e. The van der Waals surface area contributed by atoms with E-state index in [4.69, 9.17) is 5.73 Å². The quantitative estimate of drug-likeness (QED) is 0.822. The van der Waals surface area contributed by atoms with E-state index in [0.717, 1.165) is 16.7 Å². The molecule has 1 aromatic heterocycles. The van der Waals surface area contributed by atoms with Crippen LogP contribution in [0.5, 0.6) is 0 Å². The van der Waals surface area contributed by atoms with Crippen LogP contribution in [0, 0.1) is 0 Å². The molecule has 84 valence electrons. The van der Waals surface area contributed by atoms with Gasteiger partial charge in [0.2, 0.25) is 0 Å². The fourth-order valence-electron chi connectivity index (χ4n) is 1.98. The zero-order valence-electron chi connectivity index (χ0n) is 9.07. The molecule has 2 heterocycles. The van der Waals surface area contributed by atoms with Gasteiger partial charge in [-0.05, 0) is 26.4 Å². The highest BCUT2D eigenvalue weighted by atomic mass is 32.1. The van der Waals surface area contributed by atoms with Crippen molar-refractivity contribution in [1.82, 2.24) is 9.88 Å². The van der Waals surface area contributed by atoms with E-state index in [1.165, 1.54) is 37.1 Å². The maximum Gasteiger partial charge on any atom is 0.184 e. The van der Waals surface area contributed by atoms with Gasteiger partial charge in [0.1, 0.15) is 5.00 Å². The molecule has 1 atom stereocenters. The molecule has 15 heavy (non-hydrogen) atoms. The van der Waals surface area contributed by atoms with E-state index in [9.17, 15) is 0 Å². The summed E-state index contributed by atoms with van der Waals surface area (Å²) in [4.78, 5) is 6.61. The third kappa shape index (κ3) is 2.82. The molecule has 4 nitrogen and oxygen atoms in total. The summed E-state index contributed by atoms with van der Waals surface area (Å²) in [5.41, 5.74) is 5.62. The topological polar surface area (TPSA) is 54.2 Å². The van der Waals surface area contributed by atoms with Crippen LogP contribution in [0.3, 0.4) is 0 Å². The molecule has 0 spiro atoms. The van der Waals surface area contributed by atoms with Crippen molar-refractivity contribution in [2.75, 3.05) is 31.2 Å². The van der Waals surface area contributed by atoms with Crippen molar-refractivity contribution in [2.24, 2.45) is 0 Å². The first-order valence-corrected chi connectivity index (χ1v) is 6.23. The average Bonchev–Trinajstić information content (AvgIpc) is 2.63. The molecular formula is C10H18N4S. The number of nitrogens with two attached hydrogens (primary N) is 1. The Morgan fingerprint density at radius 3 is 3.20 bits per heavy atom. The average molecular weight is 226 g/mol. The molecule has 1 aliphatic rings. The predicted octanol–water partition coefficient (Wildman–Crippen LogP) is 1.62. The van der Waals surface area contributed by atoms with Gasteiger partial charge in [0, 0.05) is 12.6 Å². The fourth-order valence-corrected chi connectivity index (χ4v) is 2.57. The summed E-state index contributed by atoms with van der Waals surface area (Å²) in [6.45, 7) is 2.19. The number of hydrogen-bond donors (Lipinski definition) is 2. The second kappa shape index (κ2) is 4.81. The fraction of sp³-hybridized carbons (Fsp3) is 0.700. The highest BCUT2D eigenvalue weighted by Gasteiger charge is 2.18. The van der Waals surface area contributed by atoms with E-state index in [1.54, 1.807) is 6.20 Å². The molecule has 1 unspecified atom stereocenters. The number of likely N-dealkylation sites (N-methyl/N-ethyl adjacent to an activating group) is 1. The SMILES string of the molecule is CN1CCCCC1CNc1ncc(N)s1. The standard InChI is InChI=1S/C10H18N4S/c1-14-5-3-2-4-8(14)6-12-10-13-7-9(11)15-10/h7-8H,2-6,11H2,1H3,(H,12,13). The van der Waals surface area contributed by atoms with Crippen LogP contribution in [0.1, 0.15) is 19.3 Å². The minimum Gasteiger partial charge on any atom is -0.389 e. The van der Waals surface area contributed by atoms with Gasteiger partial charge in [-0.2, -0.15) is 0 Å². The molecule has 0 radical (unpaired) electrons. The van der Waals surface area contributed by atoms with Crippen molar-refractivity contribution in [2.45, 2.75) is 25.3 Å². The van der Waals surface area contributed by atoms with Gasteiger partial charge in [-0.3, -0.25) is 0 Å². The zero-order valence-corrected chi connectivity index (χ0v) is 9.89. The van der Waals surface area contributed by atoms with Crippen LogP contribution in [0.2, 0.25) is 0 Å². The molecule has 1 aliphatic heterocycles. The van der Waals surface area contributed by atoms with E-state index in [1.807, 2.05) is 0 Å². The van der Waals surface area contributed by atoms with E-state index in [2.05, 4.69) is 22.2 Å². The second-order valence-electron chi connectivity index (χ2n) is 4.08. The summed E-state index contributed by atoms with van der Waals surface area (Å²) in [5.74, 6) is 0. The normalized spacial score (nSPS) is 22.9. The van der Waals surface area contributed by atoms with Crippen LogP contribution in [0.4, 0.5) is 10.1 Å². The van der Waals surface area contributed by atoms with E-state index < -0.39 is 0 Å². The number of anilines is 2. The summed E-state index contributed by atoms with van der Waals surface area (Å²) >= 11 is 1.51. The molecule has 3 N–H and O–H groups in total. The zero-order chi connectivity index (χ0) is 10.7. The predicted molar refractivity (Wildman–Crippen MR) is 65.3 cm³/mol. The van der Waals surface area contributed by atoms with Crippen LogP contribution in [0.15, 0.2) is 6.20 Å². The highest BCUT2D eigenvalue weighted by Crippen LogP contribution is 2.21. The van der Waals surface area contributed by atoms with Crippen molar-refractivity contribution in [3.63, 3.8) is 0 Å². The minimum atomic E-state index is 0.642. The molecule has 1 saturated heterocycles. The van der Waals surface area contributed by atoms with Crippen LogP contribution < -0.4 is 11.1 Å². The number of hydrogen-bond acceptors (Lipinski definition) is 5. The van der Waals surface area contributed by atoms with Gasteiger partial charge in [0.15, 0.2) is 5.13 Å². The van der Waals surface area contributed by atoms with Crippen LogP contribution in [-0.4, -0.2) is 36.1 Å². The summed E-state index contributed by atoms with van der Waals surface area (Å²) < 4.78 is 0. The van der Waals surface area contributed by atoms with Gasteiger partial charge >= 0.3 is 0 Å². The van der Waals surface area contributed by atoms with Crippen LogP contribution in [0.25, 0.3) is 0 Å². The maximum absolute atomic E-state index is 5.62. The van der Waals surface area contributed by atoms with Crippen molar-refractivity contribution < 1.29 is 0 Å². The third-order valence-corrected chi connectivity index (χ3v) is 3.72. The molecule has 0 aliphatic carbocycles. The summed E-state index contributed by atoms with van der Waals surface area (Å²) in [6.07, 6.45) is 5.66. The molecule has 1 aromatic rings. The second-order valence-corrected chi connectivity index (χ2v) is 5.14. The molecule has 1 fully saturated rings. The van der Waals surface area contributed by atoms with Crippen molar-refractivity contribution in [3.8, 4) is 0 Å². The monoisotopic (exact) mass is 226 g/mol. The Hall–Kier alpha value is -0.810. The van der Waals surface area contributed by atoms with Crippen molar-refractivity contribution in [1.29, 1.82) is 0 Å². The number of nitrogens with zero attached hydrogens (tertiary/aromatic N) is 2. The number of piperidine rings is 1. The van der Waals surface area contributed by atoms with Crippen LogP contribution in [-0.2, 0) is 0 Å². The summed E-state index contributed by atoms with van der Waals surface area (Å²) in [6, 6.07) is 0.642. The number of likely N-dealkylation sites (tertiary alicyclic amines) is 1. The molecule has 2 rings (SSSR count). The highest BCUT2D eigenvalue weighted by molar-refractivity contribution is 7.19. The van der Waals surface area contributed by atoms with Gasteiger partial charge in [-0.15, -0.1) is 0 Å². The number of nitrogen functional groups attached to an aromatic ring is 1. The van der Waals surface area contributed by atoms with Gasteiger partial charge in [-0.1, -0.05) is 17.8 Å². The lowest BCUT2D eigenvalue weighted by molar-refractivity contribution is 0.194.